The van der Waals surface area contributed by atoms with Crippen LogP contribution in [0.15, 0.2) is 23.7 Å². The van der Waals surface area contributed by atoms with Gasteiger partial charge in [0.2, 0.25) is 0 Å². The van der Waals surface area contributed by atoms with Crippen LogP contribution in [0.3, 0.4) is 0 Å². The van der Waals surface area contributed by atoms with Crippen LogP contribution in [0.4, 0.5) is 5.82 Å². The molecular weight excluding hydrogens is 282 g/mol. The van der Waals surface area contributed by atoms with Crippen LogP contribution >= 0.6 is 11.3 Å². The van der Waals surface area contributed by atoms with Gasteiger partial charge in [0.15, 0.2) is 5.82 Å². The highest BCUT2D eigenvalue weighted by molar-refractivity contribution is 7.09. The third-order valence-corrected chi connectivity index (χ3v) is 4.82. The number of hydrogen-bond donors (Lipinski definition) is 1. The molecule has 1 N–H and O–H groups in total. The van der Waals surface area contributed by atoms with E-state index < -0.39 is 0 Å². The first-order chi connectivity index (χ1) is 10.3. The molecule has 1 aliphatic heterocycles. The summed E-state index contributed by atoms with van der Waals surface area (Å²) in [5, 5.41) is 15.2. The van der Waals surface area contributed by atoms with Crippen LogP contribution in [0.2, 0.25) is 0 Å². The van der Waals surface area contributed by atoms with Gasteiger partial charge in [0.05, 0.1) is 10.7 Å². The van der Waals surface area contributed by atoms with Gasteiger partial charge in [0.1, 0.15) is 0 Å². The zero-order valence-electron chi connectivity index (χ0n) is 12.3. The summed E-state index contributed by atoms with van der Waals surface area (Å²) in [6, 6.07) is 4.47. The second-order valence-corrected chi connectivity index (χ2v) is 6.28. The first-order valence-corrected chi connectivity index (χ1v) is 8.42. The van der Waals surface area contributed by atoms with Gasteiger partial charge in [-0.3, -0.25) is 0 Å². The van der Waals surface area contributed by atoms with E-state index in [1.807, 2.05) is 12.1 Å². The minimum absolute atomic E-state index is 0.493. The van der Waals surface area contributed by atoms with E-state index in [0.717, 1.165) is 37.6 Å². The molecule has 0 bridgehead atoms. The molecule has 0 aromatic carbocycles. The van der Waals surface area contributed by atoms with E-state index in [0.29, 0.717) is 6.04 Å². The molecule has 1 atom stereocenters. The molecule has 1 unspecified atom stereocenters. The van der Waals surface area contributed by atoms with E-state index in [1.165, 1.54) is 17.8 Å². The molecule has 0 spiro atoms. The van der Waals surface area contributed by atoms with E-state index in [1.54, 1.807) is 17.5 Å². The van der Waals surface area contributed by atoms with Crippen LogP contribution < -0.4 is 10.2 Å². The smallest absolute Gasteiger partial charge is 0.151 e. The van der Waals surface area contributed by atoms with Crippen molar-refractivity contribution < 1.29 is 0 Å². The first-order valence-electron chi connectivity index (χ1n) is 7.54. The number of aromatic nitrogens is 3. The quantitative estimate of drug-likeness (QED) is 0.918. The van der Waals surface area contributed by atoms with E-state index in [4.69, 9.17) is 0 Å². The zero-order valence-corrected chi connectivity index (χ0v) is 13.1. The molecule has 1 saturated heterocycles. The molecule has 0 saturated carbocycles. The Bertz CT molecular complexity index is 556. The number of nitrogens with one attached hydrogen (secondary N) is 1. The number of thiazole rings is 1. The lowest BCUT2D eigenvalue weighted by molar-refractivity contribution is 0.418. The lowest BCUT2D eigenvalue weighted by Crippen LogP contribution is -2.45. The Labute approximate surface area is 129 Å². The van der Waals surface area contributed by atoms with Gasteiger partial charge in [0, 0.05) is 37.3 Å². The van der Waals surface area contributed by atoms with Gasteiger partial charge < -0.3 is 10.2 Å². The molecule has 2 aromatic rings. The van der Waals surface area contributed by atoms with E-state index >= 15 is 0 Å². The van der Waals surface area contributed by atoms with Crippen LogP contribution in [0.25, 0.3) is 0 Å². The molecule has 0 aliphatic carbocycles. The van der Waals surface area contributed by atoms with E-state index in [-0.39, 0.29) is 0 Å². The van der Waals surface area contributed by atoms with Crippen molar-refractivity contribution in [3.05, 3.63) is 34.4 Å². The largest absolute Gasteiger partial charge is 0.354 e. The summed E-state index contributed by atoms with van der Waals surface area (Å²) in [6.45, 7) is 5.06. The molecule has 3 rings (SSSR count). The van der Waals surface area contributed by atoms with Crippen molar-refractivity contribution in [1.82, 2.24) is 20.5 Å². The van der Waals surface area contributed by atoms with Crippen molar-refractivity contribution in [3.63, 3.8) is 0 Å². The minimum Gasteiger partial charge on any atom is -0.354 e. The minimum atomic E-state index is 0.493. The molecule has 1 aliphatic rings. The highest BCUT2D eigenvalue weighted by Gasteiger charge is 2.20. The van der Waals surface area contributed by atoms with Crippen molar-refractivity contribution in [1.29, 1.82) is 0 Å². The van der Waals surface area contributed by atoms with Crippen molar-refractivity contribution in [2.75, 3.05) is 18.0 Å². The highest BCUT2D eigenvalue weighted by atomic mass is 32.1. The molecule has 1 fully saturated rings. The molecule has 0 radical (unpaired) electrons. The predicted octanol–water partition coefficient (Wildman–Crippen LogP) is 2.25. The van der Waals surface area contributed by atoms with Crippen LogP contribution in [0.5, 0.6) is 0 Å². The SMILES string of the molecule is CCc1nc(CNC2CCCN(c3cccnn3)C2)cs1. The number of nitrogens with zero attached hydrogens (tertiary/aromatic N) is 4. The standard InChI is InChI=1S/C15H21N5S/c1-2-15-18-13(11-21-15)9-16-12-5-4-8-20(10-12)14-6-3-7-17-19-14/h3,6-7,11-12,16H,2,4-5,8-10H2,1H3. The highest BCUT2D eigenvalue weighted by Crippen LogP contribution is 2.17. The molecule has 5 nitrogen and oxygen atoms in total. The number of hydrogen-bond acceptors (Lipinski definition) is 6. The average Bonchev–Trinajstić information content (AvgIpc) is 3.02. The maximum atomic E-state index is 4.61. The molecule has 6 heteroatoms. The Morgan fingerprint density at radius 1 is 1.48 bits per heavy atom. The Morgan fingerprint density at radius 2 is 2.43 bits per heavy atom. The summed E-state index contributed by atoms with van der Waals surface area (Å²) in [6.07, 6.45) is 5.14. The Morgan fingerprint density at radius 3 is 3.19 bits per heavy atom. The summed E-state index contributed by atoms with van der Waals surface area (Å²) in [5.41, 5.74) is 1.16. The Kier molecular flexibility index (Phi) is 4.77. The predicted molar refractivity (Wildman–Crippen MR) is 85.6 cm³/mol. The van der Waals surface area contributed by atoms with Crippen LogP contribution in [-0.2, 0) is 13.0 Å². The van der Waals surface area contributed by atoms with Crippen molar-refractivity contribution in [2.45, 2.75) is 38.8 Å². The van der Waals surface area contributed by atoms with Gasteiger partial charge in [-0.15, -0.1) is 16.4 Å². The monoisotopic (exact) mass is 303 g/mol. The van der Waals surface area contributed by atoms with E-state index in [2.05, 4.69) is 37.7 Å². The molecule has 3 heterocycles. The zero-order chi connectivity index (χ0) is 14.5. The fraction of sp³-hybridized carbons (Fsp3) is 0.533. The van der Waals surface area contributed by atoms with Gasteiger partial charge in [-0.2, -0.15) is 5.10 Å². The van der Waals surface area contributed by atoms with Crippen molar-refractivity contribution in [2.24, 2.45) is 0 Å². The topological polar surface area (TPSA) is 53.9 Å². The van der Waals surface area contributed by atoms with Crippen LogP contribution in [-0.4, -0.2) is 34.3 Å². The Hall–Kier alpha value is -1.53. The average molecular weight is 303 g/mol. The second-order valence-electron chi connectivity index (χ2n) is 5.33. The van der Waals surface area contributed by atoms with Gasteiger partial charge >= 0.3 is 0 Å². The van der Waals surface area contributed by atoms with Crippen LogP contribution in [0.1, 0.15) is 30.5 Å². The normalized spacial score (nSPS) is 18.9. The third-order valence-electron chi connectivity index (χ3n) is 3.78. The van der Waals surface area contributed by atoms with Crippen molar-refractivity contribution >= 4 is 17.2 Å². The maximum absolute atomic E-state index is 4.61. The van der Waals surface area contributed by atoms with Gasteiger partial charge in [0.25, 0.3) is 0 Å². The van der Waals surface area contributed by atoms with Gasteiger partial charge in [-0.1, -0.05) is 6.92 Å². The number of aryl methyl sites for hydroxylation is 1. The lowest BCUT2D eigenvalue weighted by Gasteiger charge is -2.33. The first kappa shape index (κ1) is 14.4. The molecule has 2 aromatic heterocycles. The van der Waals surface area contributed by atoms with Crippen LogP contribution in [0, 0.1) is 0 Å². The fourth-order valence-electron chi connectivity index (χ4n) is 2.66. The molecule has 21 heavy (non-hydrogen) atoms. The summed E-state index contributed by atoms with van der Waals surface area (Å²) >= 11 is 1.75. The van der Waals surface area contributed by atoms with Crippen molar-refractivity contribution in [3.8, 4) is 0 Å². The van der Waals surface area contributed by atoms with Gasteiger partial charge in [-0.25, -0.2) is 4.98 Å². The summed E-state index contributed by atoms with van der Waals surface area (Å²) in [4.78, 5) is 6.92. The maximum Gasteiger partial charge on any atom is 0.151 e. The fourth-order valence-corrected chi connectivity index (χ4v) is 3.40. The summed E-state index contributed by atoms with van der Waals surface area (Å²) in [7, 11) is 0. The summed E-state index contributed by atoms with van der Waals surface area (Å²) < 4.78 is 0. The number of rotatable bonds is 5. The number of piperidine rings is 1. The Balaban J connectivity index is 1.54. The lowest BCUT2D eigenvalue weighted by atomic mass is 10.1. The van der Waals surface area contributed by atoms with E-state index in [9.17, 15) is 0 Å². The second kappa shape index (κ2) is 6.95. The molecule has 112 valence electrons. The molecule has 0 amide bonds. The molecular formula is C15H21N5S. The third kappa shape index (κ3) is 3.77. The number of anilines is 1. The van der Waals surface area contributed by atoms with Gasteiger partial charge in [-0.05, 0) is 31.4 Å². The summed E-state index contributed by atoms with van der Waals surface area (Å²) in [5.74, 6) is 0.978.